The number of methoxy groups -OCH3 is 1. The molecule has 0 unspecified atom stereocenters. The number of carbonyl (C=O) groups excluding carboxylic acids is 1. The zero-order valence-corrected chi connectivity index (χ0v) is 26.1. The summed E-state index contributed by atoms with van der Waals surface area (Å²) in [5.41, 5.74) is 6.46. The van der Waals surface area contributed by atoms with Crippen LogP contribution in [0.4, 0.5) is 5.69 Å². The summed E-state index contributed by atoms with van der Waals surface area (Å²) in [6.07, 6.45) is 0.854. The van der Waals surface area contributed by atoms with Crippen LogP contribution < -0.4 is 15.4 Å². The number of carbonyl (C=O) groups is 1. The molecule has 0 spiro atoms. The molecule has 4 aromatic rings. The molecule has 0 aliphatic carbocycles. The van der Waals surface area contributed by atoms with Crippen molar-refractivity contribution in [2.24, 2.45) is 7.05 Å². The minimum absolute atomic E-state index is 0.310. The minimum atomic E-state index is -0.310. The van der Waals surface area contributed by atoms with E-state index in [1.165, 1.54) is 0 Å². The number of halogens is 2. The van der Waals surface area contributed by atoms with E-state index >= 15 is 0 Å². The van der Waals surface area contributed by atoms with Crippen LogP contribution in [-0.4, -0.2) is 77.1 Å². The predicted molar refractivity (Wildman–Crippen MR) is 171 cm³/mol. The van der Waals surface area contributed by atoms with Gasteiger partial charge in [-0.2, -0.15) is 0 Å². The van der Waals surface area contributed by atoms with Crippen molar-refractivity contribution in [3.8, 4) is 28.3 Å². The highest BCUT2D eigenvalue weighted by Crippen LogP contribution is 2.41. The van der Waals surface area contributed by atoms with Gasteiger partial charge >= 0.3 is 0 Å². The first-order valence-electron chi connectivity index (χ1n) is 14.4. The lowest BCUT2D eigenvalue weighted by Crippen LogP contribution is -2.42. The van der Waals surface area contributed by atoms with Crippen molar-refractivity contribution in [3.05, 3.63) is 81.4 Å². The lowest BCUT2D eigenvalue weighted by atomic mass is 10.00. The molecule has 9 nitrogen and oxygen atoms in total. The van der Waals surface area contributed by atoms with Crippen molar-refractivity contribution < 1.29 is 9.53 Å². The second-order valence-electron chi connectivity index (χ2n) is 11.1. The molecule has 224 valence electrons. The average molecular weight is 621 g/mol. The maximum Gasteiger partial charge on any atom is 0.291 e. The fourth-order valence-corrected chi connectivity index (χ4v) is 6.44. The first-order chi connectivity index (χ1) is 20.8. The molecular formula is C32H35Cl2N7O2. The largest absolute Gasteiger partial charge is 0.481 e. The quantitative estimate of drug-likeness (QED) is 0.297. The highest BCUT2D eigenvalue weighted by Gasteiger charge is 2.25. The van der Waals surface area contributed by atoms with E-state index in [0.29, 0.717) is 38.7 Å². The Balaban J connectivity index is 1.27. The molecule has 6 rings (SSSR count). The van der Waals surface area contributed by atoms with E-state index < -0.39 is 0 Å². The number of benzene rings is 2. The molecule has 2 aromatic carbocycles. The van der Waals surface area contributed by atoms with Crippen LogP contribution in [0.2, 0.25) is 10.0 Å². The summed E-state index contributed by atoms with van der Waals surface area (Å²) in [5, 5.41) is 7.26. The molecule has 1 amide bonds. The number of pyridine rings is 1. The summed E-state index contributed by atoms with van der Waals surface area (Å²) in [6, 6.07) is 15.3. The van der Waals surface area contributed by atoms with Gasteiger partial charge in [-0.3, -0.25) is 9.69 Å². The van der Waals surface area contributed by atoms with Crippen molar-refractivity contribution >= 4 is 34.8 Å². The molecule has 1 saturated heterocycles. The third-order valence-electron chi connectivity index (χ3n) is 8.20. The number of anilines is 1. The van der Waals surface area contributed by atoms with Gasteiger partial charge in [-0.1, -0.05) is 59.6 Å². The number of nitrogens with one attached hydrogen (secondary N) is 2. The predicted octanol–water partition coefficient (Wildman–Crippen LogP) is 5.11. The number of hydrogen-bond donors (Lipinski definition) is 2. The summed E-state index contributed by atoms with van der Waals surface area (Å²) >= 11 is 13.9. The molecular weight excluding hydrogens is 585 g/mol. The van der Waals surface area contributed by atoms with Crippen LogP contribution >= 0.6 is 23.2 Å². The summed E-state index contributed by atoms with van der Waals surface area (Å²) in [4.78, 5) is 27.4. The van der Waals surface area contributed by atoms with Crippen molar-refractivity contribution in [2.75, 3.05) is 52.2 Å². The SMILES string of the molecule is COc1nc(-c2cccc(-c3cccc(NC(=O)c4nc5c(n4C)CCN(C)C5)c3Cl)c2Cl)ccc1CN1CCNCC1. The molecule has 2 aromatic heterocycles. The van der Waals surface area contributed by atoms with Crippen LogP contribution in [0.3, 0.4) is 0 Å². The molecule has 0 saturated carbocycles. The van der Waals surface area contributed by atoms with E-state index in [9.17, 15) is 4.79 Å². The lowest BCUT2D eigenvalue weighted by molar-refractivity contribution is 0.101. The van der Waals surface area contributed by atoms with Crippen molar-refractivity contribution in [1.29, 1.82) is 0 Å². The van der Waals surface area contributed by atoms with Gasteiger partial charge in [-0.15, -0.1) is 0 Å². The van der Waals surface area contributed by atoms with Gasteiger partial charge in [0, 0.05) is 87.2 Å². The average Bonchev–Trinajstić information content (AvgIpc) is 3.34. The third-order valence-corrected chi connectivity index (χ3v) is 9.01. The summed E-state index contributed by atoms with van der Waals surface area (Å²) in [5.74, 6) is 0.640. The van der Waals surface area contributed by atoms with E-state index in [1.807, 2.05) is 48.0 Å². The van der Waals surface area contributed by atoms with Gasteiger partial charge in [-0.25, -0.2) is 9.97 Å². The van der Waals surface area contributed by atoms with Crippen LogP contribution in [0.25, 0.3) is 22.4 Å². The molecule has 1 fully saturated rings. The zero-order valence-electron chi connectivity index (χ0n) is 24.6. The fourth-order valence-electron chi connectivity index (χ4n) is 5.84. The van der Waals surface area contributed by atoms with Gasteiger partial charge in [0.1, 0.15) is 0 Å². The van der Waals surface area contributed by atoms with Crippen LogP contribution in [0.15, 0.2) is 48.5 Å². The highest BCUT2D eigenvalue weighted by molar-refractivity contribution is 6.39. The Kier molecular flexibility index (Phi) is 8.70. The maximum atomic E-state index is 13.3. The fraction of sp³-hybridized carbons (Fsp3) is 0.344. The number of aromatic nitrogens is 3. The number of amides is 1. The molecule has 0 atom stereocenters. The smallest absolute Gasteiger partial charge is 0.291 e. The van der Waals surface area contributed by atoms with Crippen LogP contribution in [0.5, 0.6) is 5.88 Å². The monoisotopic (exact) mass is 619 g/mol. The number of rotatable bonds is 7. The van der Waals surface area contributed by atoms with Gasteiger partial charge < -0.3 is 24.8 Å². The molecule has 43 heavy (non-hydrogen) atoms. The summed E-state index contributed by atoms with van der Waals surface area (Å²) in [7, 11) is 5.58. The Morgan fingerprint density at radius 3 is 2.44 bits per heavy atom. The normalized spacial score (nSPS) is 15.7. The van der Waals surface area contributed by atoms with Gasteiger partial charge in [0.2, 0.25) is 5.88 Å². The molecule has 2 N–H and O–H groups in total. The number of ether oxygens (including phenoxy) is 1. The molecule has 0 radical (unpaired) electrons. The van der Waals surface area contributed by atoms with Gasteiger partial charge in [0.15, 0.2) is 5.82 Å². The Morgan fingerprint density at radius 1 is 0.953 bits per heavy atom. The molecule has 4 heterocycles. The first-order valence-corrected chi connectivity index (χ1v) is 15.2. The summed E-state index contributed by atoms with van der Waals surface area (Å²) < 4.78 is 7.57. The number of fused-ring (bicyclic) bond motifs is 1. The molecule has 2 aliphatic rings. The third kappa shape index (κ3) is 6.01. The van der Waals surface area contributed by atoms with E-state index in [4.69, 9.17) is 32.9 Å². The Bertz CT molecular complexity index is 1670. The number of nitrogens with zero attached hydrogens (tertiary/aromatic N) is 5. The van der Waals surface area contributed by atoms with Crippen LogP contribution in [-0.2, 0) is 26.6 Å². The highest BCUT2D eigenvalue weighted by atomic mass is 35.5. The Hall–Kier alpha value is -3.47. The second-order valence-corrected chi connectivity index (χ2v) is 11.8. The molecule has 2 aliphatic heterocycles. The van der Waals surface area contributed by atoms with Crippen LogP contribution in [0, 0.1) is 0 Å². The minimum Gasteiger partial charge on any atom is -0.481 e. The summed E-state index contributed by atoms with van der Waals surface area (Å²) in [6.45, 7) is 6.36. The first kappa shape index (κ1) is 29.6. The zero-order chi connectivity index (χ0) is 30.1. The van der Waals surface area contributed by atoms with E-state index in [0.717, 1.165) is 80.3 Å². The maximum absolute atomic E-state index is 13.3. The number of likely N-dealkylation sites (N-methyl/N-ethyl adjacent to an activating group) is 1. The standard InChI is InChI=1S/C32H35Cl2N7O2/c1-39-15-12-27-26(19-39)36-30(40(27)2)31(42)37-25-9-5-7-22(29(25)34)21-6-4-8-23(28(21)33)24-11-10-20(32(38-24)43-3)18-41-16-13-35-14-17-41/h4-11,35H,12-19H2,1-3H3,(H,37,42). The number of hydrogen-bond acceptors (Lipinski definition) is 7. The van der Waals surface area contributed by atoms with Gasteiger partial charge in [-0.05, 0) is 19.2 Å². The Morgan fingerprint density at radius 2 is 1.67 bits per heavy atom. The molecule has 11 heteroatoms. The van der Waals surface area contributed by atoms with Crippen molar-refractivity contribution in [2.45, 2.75) is 19.5 Å². The topological polar surface area (TPSA) is 87.5 Å². The van der Waals surface area contributed by atoms with Gasteiger partial charge in [0.25, 0.3) is 5.91 Å². The van der Waals surface area contributed by atoms with E-state index in [2.05, 4.69) is 38.5 Å². The van der Waals surface area contributed by atoms with Crippen LogP contribution in [0.1, 0.15) is 27.6 Å². The second kappa shape index (κ2) is 12.6. The van der Waals surface area contributed by atoms with Crippen molar-refractivity contribution in [1.82, 2.24) is 29.7 Å². The lowest BCUT2D eigenvalue weighted by Gasteiger charge is -2.27. The molecule has 0 bridgehead atoms. The number of imidazole rings is 1. The van der Waals surface area contributed by atoms with Crippen molar-refractivity contribution in [3.63, 3.8) is 0 Å². The van der Waals surface area contributed by atoms with E-state index in [-0.39, 0.29) is 5.91 Å². The number of piperazine rings is 1. The Labute approximate surface area is 261 Å². The van der Waals surface area contributed by atoms with E-state index in [1.54, 1.807) is 13.2 Å². The van der Waals surface area contributed by atoms with Gasteiger partial charge in [0.05, 0.1) is 34.2 Å².